The Bertz CT molecular complexity index is 440. The molecule has 1 aliphatic rings. The Morgan fingerprint density at radius 3 is 2.45 bits per heavy atom. The van der Waals surface area contributed by atoms with Crippen LogP contribution in [0.3, 0.4) is 0 Å². The summed E-state index contributed by atoms with van der Waals surface area (Å²) in [5.41, 5.74) is 1.04. The van der Waals surface area contributed by atoms with Gasteiger partial charge in [-0.25, -0.2) is 9.18 Å². The van der Waals surface area contributed by atoms with Crippen LogP contribution in [0.4, 0.5) is 10.1 Å². The van der Waals surface area contributed by atoms with Crippen LogP contribution >= 0.6 is 0 Å². The minimum absolute atomic E-state index is 0.0533. The van der Waals surface area contributed by atoms with Gasteiger partial charge in [-0.1, -0.05) is 0 Å². The Morgan fingerprint density at radius 1 is 1.30 bits per heavy atom. The van der Waals surface area contributed by atoms with Gasteiger partial charge in [0.1, 0.15) is 5.82 Å². The summed E-state index contributed by atoms with van der Waals surface area (Å²) in [6, 6.07) is 6.56. The number of benzene rings is 1. The van der Waals surface area contributed by atoms with Crippen molar-refractivity contribution in [3.05, 3.63) is 30.1 Å². The van der Waals surface area contributed by atoms with Crippen LogP contribution in [0, 0.1) is 5.82 Å². The van der Waals surface area contributed by atoms with Crippen LogP contribution < -0.4 is 9.80 Å². The third-order valence-electron chi connectivity index (χ3n) is 3.42. The van der Waals surface area contributed by atoms with E-state index in [2.05, 4.69) is 4.90 Å². The second kappa shape index (κ2) is 6.70. The van der Waals surface area contributed by atoms with Gasteiger partial charge in [0.25, 0.3) is 0 Å². The number of ether oxygens (including phenoxy) is 1. The van der Waals surface area contributed by atoms with Crippen LogP contribution in [0.25, 0.3) is 0 Å². The molecule has 1 heterocycles. The van der Waals surface area contributed by atoms with Crippen LogP contribution in [0.2, 0.25) is 0 Å². The summed E-state index contributed by atoms with van der Waals surface area (Å²) in [5.74, 6) is -0.348. The molecule has 1 aromatic carbocycles. The van der Waals surface area contributed by atoms with Crippen molar-refractivity contribution in [1.82, 2.24) is 0 Å². The highest BCUT2D eigenvalue weighted by Crippen LogP contribution is 2.14. The Morgan fingerprint density at radius 2 is 1.90 bits per heavy atom. The maximum atomic E-state index is 12.9. The first kappa shape index (κ1) is 14.8. The van der Waals surface area contributed by atoms with Gasteiger partial charge in [-0.05, 0) is 38.1 Å². The van der Waals surface area contributed by atoms with E-state index in [0.717, 1.165) is 31.9 Å². The fraction of sp³-hybridized carbons (Fsp3) is 0.533. The Kier molecular flexibility index (Phi) is 4.95. The molecule has 20 heavy (non-hydrogen) atoms. The fourth-order valence-corrected chi connectivity index (χ4v) is 2.42. The molecule has 1 N–H and O–H groups in total. The number of halogens is 1. The monoisotopic (exact) mass is 281 g/mol. The first-order valence-electron chi connectivity index (χ1n) is 7.08. The standard InChI is InChI=1S/C15H21FN2O2/c1-12(2)20-15(19)11-17-7-9-18(10-8-17)14-5-3-13(16)4-6-14/h3-6,12H,7-11H2,1-2H3/p+1. The smallest absolute Gasteiger partial charge is 0.361 e. The van der Waals surface area contributed by atoms with E-state index in [0.29, 0.717) is 6.54 Å². The number of carbonyl (C=O) groups is 1. The Hall–Kier alpha value is -1.62. The summed E-state index contributed by atoms with van der Waals surface area (Å²) in [6.45, 7) is 7.68. The summed E-state index contributed by atoms with van der Waals surface area (Å²) in [4.78, 5) is 15.1. The van der Waals surface area contributed by atoms with Crippen LogP contribution in [0.1, 0.15) is 13.8 Å². The van der Waals surface area contributed by atoms with Gasteiger partial charge in [0.05, 0.1) is 32.3 Å². The molecule has 1 aromatic rings. The summed E-state index contributed by atoms with van der Waals surface area (Å²) in [7, 11) is 0. The molecule has 0 bridgehead atoms. The lowest BCUT2D eigenvalue weighted by Gasteiger charge is -2.33. The number of hydrogen-bond donors (Lipinski definition) is 1. The highest BCUT2D eigenvalue weighted by atomic mass is 19.1. The van der Waals surface area contributed by atoms with Gasteiger partial charge in [0.2, 0.25) is 0 Å². The predicted octanol–water partition coefficient (Wildman–Crippen LogP) is 0.482. The summed E-state index contributed by atoms with van der Waals surface area (Å²) < 4.78 is 18.1. The molecule has 0 saturated carbocycles. The molecule has 0 atom stereocenters. The first-order valence-corrected chi connectivity index (χ1v) is 7.08. The zero-order chi connectivity index (χ0) is 14.5. The van der Waals surface area contributed by atoms with E-state index in [1.165, 1.54) is 17.0 Å². The molecular weight excluding hydrogens is 259 g/mol. The van der Waals surface area contributed by atoms with Gasteiger partial charge in [-0.3, -0.25) is 0 Å². The molecule has 0 aliphatic carbocycles. The van der Waals surface area contributed by atoms with Gasteiger partial charge in [0, 0.05) is 5.69 Å². The van der Waals surface area contributed by atoms with E-state index in [9.17, 15) is 9.18 Å². The SMILES string of the molecule is CC(C)OC(=O)C[NH+]1CCN(c2ccc(F)cc2)CC1. The van der Waals surface area contributed by atoms with E-state index in [1.54, 1.807) is 12.1 Å². The first-order chi connectivity index (χ1) is 9.54. The number of piperazine rings is 1. The molecule has 1 saturated heterocycles. The molecule has 1 fully saturated rings. The Labute approximate surface area is 119 Å². The molecule has 1 aliphatic heterocycles. The lowest BCUT2D eigenvalue weighted by atomic mass is 10.2. The van der Waals surface area contributed by atoms with Gasteiger partial charge in [-0.2, -0.15) is 0 Å². The van der Waals surface area contributed by atoms with Crippen molar-refractivity contribution in [2.24, 2.45) is 0 Å². The summed E-state index contributed by atoms with van der Waals surface area (Å²) in [6.07, 6.45) is -0.0533. The van der Waals surface area contributed by atoms with Crippen molar-refractivity contribution in [3.63, 3.8) is 0 Å². The molecule has 0 unspecified atom stereocenters. The van der Waals surface area contributed by atoms with Crippen molar-refractivity contribution in [3.8, 4) is 0 Å². The second-order valence-corrected chi connectivity index (χ2v) is 5.43. The van der Waals surface area contributed by atoms with Gasteiger partial charge in [0.15, 0.2) is 6.54 Å². The van der Waals surface area contributed by atoms with E-state index >= 15 is 0 Å². The van der Waals surface area contributed by atoms with Crippen molar-refractivity contribution in [2.75, 3.05) is 37.6 Å². The number of esters is 1. The normalized spacial score (nSPS) is 16.5. The molecule has 0 aromatic heterocycles. The topological polar surface area (TPSA) is 34.0 Å². The molecule has 2 rings (SSSR count). The number of nitrogens with zero attached hydrogens (tertiary/aromatic N) is 1. The highest BCUT2D eigenvalue weighted by Gasteiger charge is 2.23. The van der Waals surface area contributed by atoms with Crippen LogP contribution in [-0.2, 0) is 9.53 Å². The van der Waals surface area contributed by atoms with Gasteiger partial charge >= 0.3 is 5.97 Å². The summed E-state index contributed by atoms with van der Waals surface area (Å²) >= 11 is 0. The van der Waals surface area contributed by atoms with Crippen molar-refractivity contribution < 1.29 is 18.8 Å². The lowest BCUT2D eigenvalue weighted by molar-refractivity contribution is -0.893. The number of rotatable bonds is 4. The minimum Gasteiger partial charge on any atom is -0.459 e. The third kappa shape index (κ3) is 4.20. The molecule has 0 amide bonds. The maximum Gasteiger partial charge on any atom is 0.361 e. The van der Waals surface area contributed by atoms with Crippen LogP contribution in [0.5, 0.6) is 0 Å². The average Bonchev–Trinajstić information content (AvgIpc) is 2.39. The third-order valence-corrected chi connectivity index (χ3v) is 3.42. The van der Waals surface area contributed by atoms with E-state index < -0.39 is 0 Å². The van der Waals surface area contributed by atoms with Crippen LogP contribution in [0.15, 0.2) is 24.3 Å². The number of nitrogens with one attached hydrogen (secondary N) is 1. The Balaban J connectivity index is 1.80. The number of anilines is 1. The minimum atomic E-state index is -0.213. The van der Waals surface area contributed by atoms with Crippen LogP contribution in [-0.4, -0.2) is 44.8 Å². The molecule has 0 spiro atoms. The number of quaternary nitrogens is 1. The fourth-order valence-electron chi connectivity index (χ4n) is 2.42. The molecular formula is C15H22FN2O2+. The average molecular weight is 281 g/mol. The molecule has 0 radical (unpaired) electrons. The van der Waals surface area contributed by atoms with Crippen molar-refractivity contribution >= 4 is 11.7 Å². The van der Waals surface area contributed by atoms with Gasteiger partial charge < -0.3 is 14.5 Å². The van der Waals surface area contributed by atoms with Crippen molar-refractivity contribution in [1.29, 1.82) is 0 Å². The molecule has 5 heteroatoms. The molecule has 4 nitrogen and oxygen atoms in total. The maximum absolute atomic E-state index is 12.9. The van der Waals surface area contributed by atoms with Gasteiger partial charge in [-0.15, -0.1) is 0 Å². The number of hydrogen-bond acceptors (Lipinski definition) is 3. The predicted molar refractivity (Wildman–Crippen MR) is 75.4 cm³/mol. The molecule has 110 valence electrons. The van der Waals surface area contributed by atoms with E-state index in [1.807, 2.05) is 13.8 Å². The quantitative estimate of drug-likeness (QED) is 0.815. The zero-order valence-corrected chi connectivity index (χ0v) is 12.1. The second-order valence-electron chi connectivity index (χ2n) is 5.43. The van der Waals surface area contributed by atoms with Crippen molar-refractivity contribution in [2.45, 2.75) is 20.0 Å². The number of carbonyl (C=O) groups excluding carboxylic acids is 1. The zero-order valence-electron chi connectivity index (χ0n) is 12.1. The van der Waals surface area contributed by atoms with E-state index in [4.69, 9.17) is 4.74 Å². The lowest BCUT2D eigenvalue weighted by Crippen LogP contribution is -3.15. The summed E-state index contributed by atoms with van der Waals surface area (Å²) in [5, 5.41) is 0. The highest BCUT2D eigenvalue weighted by molar-refractivity contribution is 5.70. The largest absolute Gasteiger partial charge is 0.459 e. The van der Waals surface area contributed by atoms with E-state index in [-0.39, 0.29) is 17.9 Å².